The lowest BCUT2D eigenvalue weighted by Crippen LogP contribution is -2.26. The molecule has 1 atom stereocenters. The minimum atomic E-state index is -3.62. The first-order valence-electron chi connectivity index (χ1n) is 8.83. The number of fused-ring (bicyclic) bond motifs is 1. The van der Waals surface area contributed by atoms with E-state index in [0.717, 1.165) is 22.4 Å². The largest absolute Gasteiger partial charge is 0.482 e. The number of aryl methyl sites for hydroxylation is 1. The van der Waals surface area contributed by atoms with Crippen LogP contribution in [0.2, 0.25) is 0 Å². The molecule has 0 aromatic heterocycles. The monoisotopic (exact) mass is 379 g/mol. The zero-order chi connectivity index (χ0) is 19.1. The highest BCUT2D eigenvalue weighted by Crippen LogP contribution is 2.42. The Labute approximate surface area is 159 Å². The van der Waals surface area contributed by atoms with Crippen LogP contribution in [0, 0.1) is 6.92 Å². The van der Waals surface area contributed by atoms with Gasteiger partial charge in [-0.1, -0.05) is 48.0 Å². The molecule has 138 valence electrons. The molecule has 5 heteroatoms. The van der Waals surface area contributed by atoms with Crippen molar-refractivity contribution in [2.75, 3.05) is 4.72 Å². The first-order valence-corrected chi connectivity index (χ1v) is 10.3. The summed E-state index contributed by atoms with van der Waals surface area (Å²) in [6, 6.07) is 22.3. The standard InChI is InChI=1S/C22H21NO3S/c1-16-8-11-20(12-9-16)27(24,25)23-19-10-13-21-17(14-19)15-22(2,26-21)18-6-4-3-5-7-18/h3-14,23H,15H2,1-2H3. The lowest BCUT2D eigenvalue weighted by atomic mass is 9.91. The van der Waals surface area contributed by atoms with E-state index < -0.39 is 15.6 Å². The van der Waals surface area contributed by atoms with Gasteiger partial charge in [0.1, 0.15) is 11.4 Å². The minimum absolute atomic E-state index is 0.249. The molecule has 0 spiro atoms. The Morgan fingerprint density at radius 3 is 2.37 bits per heavy atom. The van der Waals surface area contributed by atoms with Gasteiger partial charge in [-0.2, -0.15) is 0 Å². The number of hydrogen-bond donors (Lipinski definition) is 1. The van der Waals surface area contributed by atoms with Gasteiger partial charge in [-0.25, -0.2) is 8.42 Å². The summed E-state index contributed by atoms with van der Waals surface area (Å²) in [5.41, 5.74) is 3.20. The molecule has 4 nitrogen and oxygen atoms in total. The number of anilines is 1. The van der Waals surface area contributed by atoms with Crippen molar-refractivity contribution in [2.24, 2.45) is 0 Å². The topological polar surface area (TPSA) is 55.4 Å². The van der Waals surface area contributed by atoms with Crippen LogP contribution in [-0.2, 0) is 22.0 Å². The van der Waals surface area contributed by atoms with E-state index in [1.807, 2.05) is 49.4 Å². The average Bonchev–Trinajstić information content (AvgIpc) is 2.99. The van der Waals surface area contributed by atoms with Crippen LogP contribution in [0.4, 0.5) is 5.69 Å². The maximum Gasteiger partial charge on any atom is 0.261 e. The molecule has 0 fully saturated rings. The molecule has 27 heavy (non-hydrogen) atoms. The third-order valence-electron chi connectivity index (χ3n) is 4.89. The third kappa shape index (κ3) is 3.43. The number of hydrogen-bond acceptors (Lipinski definition) is 3. The van der Waals surface area contributed by atoms with Crippen LogP contribution in [0.3, 0.4) is 0 Å². The van der Waals surface area contributed by atoms with Crippen molar-refractivity contribution in [3.05, 3.63) is 89.5 Å². The molecule has 1 N–H and O–H groups in total. The van der Waals surface area contributed by atoms with E-state index in [-0.39, 0.29) is 4.90 Å². The molecule has 3 aromatic rings. The van der Waals surface area contributed by atoms with E-state index in [9.17, 15) is 8.42 Å². The Balaban J connectivity index is 1.59. The summed E-state index contributed by atoms with van der Waals surface area (Å²) in [7, 11) is -3.62. The number of rotatable bonds is 4. The van der Waals surface area contributed by atoms with Crippen molar-refractivity contribution in [3.63, 3.8) is 0 Å². The molecule has 0 bridgehead atoms. The van der Waals surface area contributed by atoms with Crippen molar-refractivity contribution >= 4 is 15.7 Å². The molecule has 3 aromatic carbocycles. The Kier molecular flexibility index (Phi) is 4.19. The quantitative estimate of drug-likeness (QED) is 0.718. The predicted molar refractivity (Wildman–Crippen MR) is 107 cm³/mol. The van der Waals surface area contributed by atoms with Gasteiger partial charge in [0.25, 0.3) is 10.0 Å². The minimum Gasteiger partial charge on any atom is -0.482 e. The molecule has 4 rings (SSSR count). The van der Waals surface area contributed by atoms with Gasteiger partial charge < -0.3 is 4.74 Å². The zero-order valence-corrected chi connectivity index (χ0v) is 16.1. The van der Waals surface area contributed by atoms with Crippen LogP contribution in [0.15, 0.2) is 77.7 Å². The molecule has 0 saturated heterocycles. The average molecular weight is 379 g/mol. The summed E-state index contributed by atoms with van der Waals surface area (Å²) >= 11 is 0. The SMILES string of the molecule is Cc1ccc(S(=O)(=O)Nc2ccc3c(c2)CC(C)(c2ccccc2)O3)cc1. The summed E-state index contributed by atoms with van der Waals surface area (Å²) in [6.45, 7) is 3.98. The van der Waals surface area contributed by atoms with E-state index >= 15 is 0 Å². The van der Waals surface area contributed by atoms with Gasteiger partial charge in [0, 0.05) is 17.7 Å². The fourth-order valence-electron chi connectivity index (χ4n) is 3.41. The van der Waals surface area contributed by atoms with Gasteiger partial charge >= 0.3 is 0 Å². The Bertz CT molecular complexity index is 1080. The first-order chi connectivity index (χ1) is 12.9. The zero-order valence-electron chi connectivity index (χ0n) is 15.3. The molecular weight excluding hydrogens is 358 g/mol. The second-order valence-electron chi connectivity index (χ2n) is 7.12. The fourth-order valence-corrected chi connectivity index (χ4v) is 4.46. The molecular formula is C22H21NO3S. The highest BCUT2D eigenvalue weighted by Gasteiger charge is 2.36. The normalized spacial score (nSPS) is 18.6. The van der Waals surface area contributed by atoms with Crippen LogP contribution >= 0.6 is 0 Å². The van der Waals surface area contributed by atoms with Crippen LogP contribution < -0.4 is 9.46 Å². The van der Waals surface area contributed by atoms with Crippen LogP contribution in [0.5, 0.6) is 5.75 Å². The lowest BCUT2D eigenvalue weighted by molar-refractivity contribution is 0.116. The Morgan fingerprint density at radius 1 is 0.963 bits per heavy atom. The van der Waals surface area contributed by atoms with Gasteiger partial charge in [-0.05, 0) is 49.7 Å². The van der Waals surface area contributed by atoms with E-state index in [1.165, 1.54) is 0 Å². The summed E-state index contributed by atoms with van der Waals surface area (Å²) in [4.78, 5) is 0.249. The van der Waals surface area contributed by atoms with Crippen LogP contribution in [0.1, 0.15) is 23.6 Å². The molecule has 0 saturated carbocycles. The third-order valence-corrected chi connectivity index (χ3v) is 6.29. The molecule has 0 amide bonds. The van der Waals surface area contributed by atoms with Crippen LogP contribution in [-0.4, -0.2) is 8.42 Å². The number of benzene rings is 3. The Morgan fingerprint density at radius 2 is 1.67 bits per heavy atom. The summed E-state index contributed by atoms with van der Waals surface area (Å²) < 4.78 is 34.1. The van der Waals surface area contributed by atoms with Crippen LogP contribution in [0.25, 0.3) is 0 Å². The maximum atomic E-state index is 12.6. The van der Waals surface area contributed by atoms with Crippen molar-refractivity contribution in [1.29, 1.82) is 0 Å². The van der Waals surface area contributed by atoms with E-state index in [2.05, 4.69) is 11.6 Å². The van der Waals surface area contributed by atoms with Crippen molar-refractivity contribution < 1.29 is 13.2 Å². The van der Waals surface area contributed by atoms with Gasteiger partial charge in [-0.15, -0.1) is 0 Å². The molecule has 0 radical (unpaired) electrons. The highest BCUT2D eigenvalue weighted by molar-refractivity contribution is 7.92. The molecule has 1 aliphatic heterocycles. The van der Waals surface area contributed by atoms with Crippen molar-refractivity contribution in [2.45, 2.75) is 30.8 Å². The van der Waals surface area contributed by atoms with Gasteiger partial charge in [-0.3, -0.25) is 4.72 Å². The molecule has 1 heterocycles. The molecule has 1 aliphatic rings. The molecule has 1 unspecified atom stereocenters. The predicted octanol–water partition coefficient (Wildman–Crippen LogP) is 4.65. The smallest absolute Gasteiger partial charge is 0.261 e. The Hall–Kier alpha value is -2.79. The van der Waals surface area contributed by atoms with E-state index in [4.69, 9.17) is 4.74 Å². The van der Waals surface area contributed by atoms with Crippen molar-refractivity contribution in [1.82, 2.24) is 0 Å². The van der Waals surface area contributed by atoms with E-state index in [0.29, 0.717) is 12.1 Å². The molecule has 0 aliphatic carbocycles. The second kappa shape index (κ2) is 6.43. The van der Waals surface area contributed by atoms with E-state index in [1.54, 1.807) is 30.3 Å². The number of nitrogens with one attached hydrogen (secondary N) is 1. The first kappa shape index (κ1) is 17.6. The van der Waals surface area contributed by atoms with Gasteiger partial charge in [0.05, 0.1) is 4.90 Å². The lowest BCUT2D eigenvalue weighted by Gasteiger charge is -2.24. The number of ether oxygens (including phenoxy) is 1. The summed E-state index contributed by atoms with van der Waals surface area (Å²) in [5.74, 6) is 0.791. The van der Waals surface area contributed by atoms with Crippen molar-refractivity contribution in [3.8, 4) is 5.75 Å². The number of sulfonamides is 1. The fraction of sp³-hybridized carbons (Fsp3) is 0.182. The summed E-state index contributed by atoms with van der Waals surface area (Å²) in [5, 5.41) is 0. The summed E-state index contributed by atoms with van der Waals surface area (Å²) in [6.07, 6.45) is 0.687. The van der Waals surface area contributed by atoms with Gasteiger partial charge in [0.15, 0.2) is 0 Å². The maximum absolute atomic E-state index is 12.6. The second-order valence-corrected chi connectivity index (χ2v) is 8.80. The highest BCUT2D eigenvalue weighted by atomic mass is 32.2. The van der Waals surface area contributed by atoms with Gasteiger partial charge in [0.2, 0.25) is 0 Å².